The SMILES string of the molecule is CCC(CO)CN(C)c1cc(Br)ccc1F. The molecule has 4 heteroatoms. The second kappa shape index (κ2) is 6.21. The van der Waals surface area contributed by atoms with Gasteiger partial charge in [-0.2, -0.15) is 0 Å². The summed E-state index contributed by atoms with van der Waals surface area (Å²) in [5.74, 6) is -0.0538. The Morgan fingerprint density at radius 1 is 1.50 bits per heavy atom. The summed E-state index contributed by atoms with van der Waals surface area (Å²) < 4.78 is 14.4. The van der Waals surface area contributed by atoms with Crippen molar-refractivity contribution < 1.29 is 9.50 Å². The van der Waals surface area contributed by atoms with Crippen molar-refractivity contribution in [3.63, 3.8) is 0 Å². The van der Waals surface area contributed by atoms with E-state index in [1.807, 2.05) is 18.9 Å². The molecule has 1 N–H and O–H groups in total. The molecule has 16 heavy (non-hydrogen) atoms. The van der Waals surface area contributed by atoms with E-state index in [0.29, 0.717) is 12.2 Å². The highest BCUT2D eigenvalue weighted by molar-refractivity contribution is 9.10. The van der Waals surface area contributed by atoms with Crippen LogP contribution < -0.4 is 4.90 Å². The van der Waals surface area contributed by atoms with Gasteiger partial charge < -0.3 is 10.0 Å². The first kappa shape index (κ1) is 13.5. The number of aliphatic hydroxyl groups is 1. The third-order valence-electron chi connectivity index (χ3n) is 2.69. The van der Waals surface area contributed by atoms with E-state index in [0.717, 1.165) is 10.9 Å². The molecular weight excluding hydrogens is 273 g/mol. The van der Waals surface area contributed by atoms with Gasteiger partial charge in [-0.05, 0) is 30.5 Å². The Labute approximate surface area is 104 Å². The van der Waals surface area contributed by atoms with Crippen LogP contribution in [0.3, 0.4) is 0 Å². The van der Waals surface area contributed by atoms with Crippen LogP contribution in [0.15, 0.2) is 22.7 Å². The predicted molar refractivity (Wildman–Crippen MR) is 68.2 cm³/mol. The van der Waals surface area contributed by atoms with Crippen molar-refractivity contribution in [3.8, 4) is 0 Å². The van der Waals surface area contributed by atoms with Gasteiger partial charge in [0.1, 0.15) is 5.82 Å². The molecule has 0 bridgehead atoms. The van der Waals surface area contributed by atoms with E-state index in [2.05, 4.69) is 15.9 Å². The predicted octanol–water partition coefficient (Wildman–Crippen LogP) is 3.04. The van der Waals surface area contributed by atoms with Gasteiger partial charge in [0, 0.05) is 24.7 Å². The molecular formula is C12H17BrFNO. The molecule has 0 saturated heterocycles. The number of hydrogen-bond acceptors (Lipinski definition) is 2. The second-order valence-electron chi connectivity index (χ2n) is 3.93. The number of benzene rings is 1. The van der Waals surface area contributed by atoms with Crippen LogP contribution in [0, 0.1) is 11.7 Å². The molecule has 90 valence electrons. The van der Waals surface area contributed by atoms with Gasteiger partial charge in [-0.1, -0.05) is 22.9 Å². The Balaban J connectivity index is 2.79. The largest absolute Gasteiger partial charge is 0.396 e. The summed E-state index contributed by atoms with van der Waals surface area (Å²) in [5.41, 5.74) is 0.557. The molecule has 0 aliphatic carbocycles. The minimum atomic E-state index is -0.238. The van der Waals surface area contributed by atoms with Gasteiger partial charge in [0.15, 0.2) is 0 Å². The van der Waals surface area contributed by atoms with E-state index in [9.17, 15) is 4.39 Å². The lowest BCUT2D eigenvalue weighted by molar-refractivity contribution is 0.225. The van der Waals surface area contributed by atoms with E-state index in [1.165, 1.54) is 6.07 Å². The molecule has 1 aromatic rings. The minimum Gasteiger partial charge on any atom is -0.396 e. The Bertz CT molecular complexity index is 342. The van der Waals surface area contributed by atoms with Crippen LogP contribution in [0.4, 0.5) is 10.1 Å². The Kier molecular flexibility index (Phi) is 5.22. The van der Waals surface area contributed by atoms with Crippen molar-refractivity contribution >= 4 is 21.6 Å². The molecule has 1 aromatic carbocycles. The molecule has 0 amide bonds. The van der Waals surface area contributed by atoms with Crippen LogP contribution in [0.25, 0.3) is 0 Å². The van der Waals surface area contributed by atoms with Crippen LogP contribution in [0.5, 0.6) is 0 Å². The van der Waals surface area contributed by atoms with Crippen LogP contribution >= 0.6 is 15.9 Å². The highest BCUT2D eigenvalue weighted by Gasteiger charge is 2.12. The van der Waals surface area contributed by atoms with E-state index < -0.39 is 0 Å². The van der Waals surface area contributed by atoms with Gasteiger partial charge in [0.2, 0.25) is 0 Å². The standard InChI is InChI=1S/C12H17BrFNO/c1-3-9(8-16)7-15(2)12-6-10(13)4-5-11(12)14/h4-6,9,16H,3,7-8H2,1-2H3. The minimum absolute atomic E-state index is 0.135. The summed E-state index contributed by atoms with van der Waals surface area (Å²) in [6.45, 7) is 2.81. The van der Waals surface area contributed by atoms with E-state index in [4.69, 9.17) is 5.11 Å². The number of anilines is 1. The van der Waals surface area contributed by atoms with Gasteiger partial charge in [-0.15, -0.1) is 0 Å². The molecule has 1 rings (SSSR count). The molecule has 1 atom stereocenters. The van der Waals surface area contributed by atoms with Crippen molar-refractivity contribution in [2.75, 3.05) is 25.1 Å². The Morgan fingerprint density at radius 3 is 2.75 bits per heavy atom. The maximum Gasteiger partial charge on any atom is 0.146 e. The fourth-order valence-electron chi connectivity index (χ4n) is 1.58. The molecule has 0 spiro atoms. The zero-order chi connectivity index (χ0) is 12.1. The van der Waals surface area contributed by atoms with Gasteiger partial charge in [-0.25, -0.2) is 4.39 Å². The van der Waals surface area contributed by atoms with Crippen LogP contribution in [-0.2, 0) is 0 Å². The van der Waals surface area contributed by atoms with Crippen molar-refractivity contribution in [3.05, 3.63) is 28.5 Å². The monoisotopic (exact) mass is 289 g/mol. The number of hydrogen-bond donors (Lipinski definition) is 1. The van der Waals surface area contributed by atoms with Gasteiger partial charge in [0.05, 0.1) is 5.69 Å². The quantitative estimate of drug-likeness (QED) is 0.901. The normalized spacial score (nSPS) is 12.6. The topological polar surface area (TPSA) is 23.5 Å². The summed E-state index contributed by atoms with van der Waals surface area (Å²) in [7, 11) is 1.84. The van der Waals surface area contributed by atoms with Crippen molar-refractivity contribution in [1.29, 1.82) is 0 Å². The first-order valence-electron chi connectivity index (χ1n) is 5.35. The van der Waals surface area contributed by atoms with E-state index in [-0.39, 0.29) is 18.3 Å². The number of rotatable bonds is 5. The van der Waals surface area contributed by atoms with Crippen LogP contribution in [0.1, 0.15) is 13.3 Å². The average Bonchev–Trinajstić information content (AvgIpc) is 2.28. The third kappa shape index (κ3) is 3.46. The lowest BCUT2D eigenvalue weighted by Gasteiger charge is -2.24. The maximum absolute atomic E-state index is 13.6. The molecule has 0 saturated carbocycles. The van der Waals surface area contributed by atoms with Crippen molar-refractivity contribution in [2.45, 2.75) is 13.3 Å². The molecule has 0 radical (unpaired) electrons. The second-order valence-corrected chi connectivity index (χ2v) is 4.85. The number of aliphatic hydroxyl groups excluding tert-OH is 1. The smallest absolute Gasteiger partial charge is 0.146 e. The van der Waals surface area contributed by atoms with Crippen LogP contribution in [0.2, 0.25) is 0 Å². The fourth-order valence-corrected chi connectivity index (χ4v) is 1.93. The van der Waals surface area contributed by atoms with Gasteiger partial charge in [0.25, 0.3) is 0 Å². The first-order chi connectivity index (χ1) is 7.58. The maximum atomic E-state index is 13.6. The highest BCUT2D eigenvalue weighted by Crippen LogP contribution is 2.23. The van der Waals surface area contributed by atoms with E-state index in [1.54, 1.807) is 12.1 Å². The lowest BCUT2D eigenvalue weighted by Crippen LogP contribution is -2.27. The summed E-state index contributed by atoms with van der Waals surface area (Å²) >= 11 is 3.32. The van der Waals surface area contributed by atoms with Crippen LogP contribution in [-0.4, -0.2) is 25.3 Å². The van der Waals surface area contributed by atoms with Gasteiger partial charge in [-0.3, -0.25) is 0 Å². The molecule has 0 aliphatic rings. The Morgan fingerprint density at radius 2 is 2.19 bits per heavy atom. The molecule has 0 fully saturated rings. The molecule has 0 aromatic heterocycles. The summed E-state index contributed by atoms with van der Waals surface area (Å²) in [6, 6.07) is 4.87. The zero-order valence-corrected chi connectivity index (χ0v) is 11.2. The fraction of sp³-hybridized carbons (Fsp3) is 0.500. The summed E-state index contributed by atoms with van der Waals surface area (Å²) in [6.07, 6.45) is 0.885. The van der Waals surface area contributed by atoms with E-state index >= 15 is 0 Å². The highest BCUT2D eigenvalue weighted by atomic mass is 79.9. The molecule has 1 unspecified atom stereocenters. The lowest BCUT2D eigenvalue weighted by atomic mass is 10.1. The van der Waals surface area contributed by atoms with Crippen molar-refractivity contribution in [2.24, 2.45) is 5.92 Å². The first-order valence-corrected chi connectivity index (χ1v) is 6.14. The Hall–Kier alpha value is -0.610. The molecule has 2 nitrogen and oxygen atoms in total. The van der Waals surface area contributed by atoms with Crippen molar-refractivity contribution in [1.82, 2.24) is 0 Å². The zero-order valence-electron chi connectivity index (χ0n) is 9.58. The molecule has 0 heterocycles. The number of nitrogens with zero attached hydrogens (tertiary/aromatic N) is 1. The molecule has 0 aliphatic heterocycles. The summed E-state index contributed by atoms with van der Waals surface area (Å²) in [5, 5.41) is 9.12. The summed E-state index contributed by atoms with van der Waals surface area (Å²) in [4.78, 5) is 1.84. The van der Waals surface area contributed by atoms with Gasteiger partial charge >= 0.3 is 0 Å². The number of halogens is 2. The average molecular weight is 290 g/mol. The third-order valence-corrected chi connectivity index (χ3v) is 3.18.